The van der Waals surface area contributed by atoms with Crippen molar-refractivity contribution in [2.45, 2.75) is 19.5 Å². The van der Waals surface area contributed by atoms with Crippen LogP contribution in [-0.2, 0) is 20.6 Å². The van der Waals surface area contributed by atoms with Gasteiger partial charge in [0, 0.05) is 31.2 Å². The number of rotatable bonds is 5. The average Bonchev–Trinajstić information content (AvgIpc) is 2.60. The molecule has 0 aliphatic heterocycles. The van der Waals surface area contributed by atoms with E-state index in [0.29, 0.717) is 0 Å². The van der Waals surface area contributed by atoms with Gasteiger partial charge in [-0.05, 0) is 26.1 Å². The quantitative estimate of drug-likeness (QED) is 0.784. The number of aromatic nitrogens is 2. The van der Waals surface area contributed by atoms with E-state index in [1.165, 1.54) is 26.2 Å². The number of carbonyl (C=O) groups excluding carboxylic acids is 1. The molecule has 1 aromatic heterocycles. The maximum Gasteiger partial charge on any atom is 0.332 e. The third-order valence-corrected chi connectivity index (χ3v) is 4.82. The molecule has 0 aliphatic rings. The van der Waals surface area contributed by atoms with Crippen molar-refractivity contribution in [3.63, 3.8) is 0 Å². The number of carbonyl (C=O) groups is 1. The molecule has 2 rings (SSSR count). The lowest BCUT2D eigenvalue weighted by molar-refractivity contribution is 0.0859. The number of halogens is 2. The van der Waals surface area contributed by atoms with Gasteiger partial charge < -0.3 is 5.73 Å². The van der Waals surface area contributed by atoms with E-state index in [4.69, 9.17) is 17.3 Å². The summed E-state index contributed by atoms with van der Waals surface area (Å²) in [6.07, 6.45) is 0. The summed E-state index contributed by atoms with van der Waals surface area (Å²) in [6.45, 7) is 1.63. The minimum Gasteiger partial charge on any atom is -0.384 e. The SMILES string of the molecule is CC(C(=O)c1c(N)n(C)c(=O)n(C)c1=O)N(C)Cc1c(F)cccc1Cl. The molecule has 7 nitrogen and oxygen atoms in total. The summed E-state index contributed by atoms with van der Waals surface area (Å²) >= 11 is 6.02. The maximum atomic E-state index is 14.0. The first-order chi connectivity index (χ1) is 12.1. The lowest BCUT2D eigenvalue weighted by Crippen LogP contribution is -2.45. The Kier molecular flexibility index (Phi) is 5.68. The van der Waals surface area contributed by atoms with Crippen molar-refractivity contribution in [2.75, 3.05) is 12.8 Å². The van der Waals surface area contributed by atoms with Gasteiger partial charge in [0.15, 0.2) is 5.78 Å². The Morgan fingerprint density at radius 2 is 1.92 bits per heavy atom. The standard InChI is InChI=1S/C17H20ClFN4O3/c1-9(21(2)8-10-11(18)6-5-7-12(10)19)14(24)13-15(20)22(3)17(26)23(4)16(13)25/h5-7,9H,8,20H2,1-4H3. The Bertz CT molecular complexity index is 963. The molecular formula is C17H20ClFN4O3. The van der Waals surface area contributed by atoms with Crippen molar-refractivity contribution in [2.24, 2.45) is 14.1 Å². The highest BCUT2D eigenvalue weighted by atomic mass is 35.5. The van der Waals surface area contributed by atoms with Crippen molar-refractivity contribution in [1.82, 2.24) is 14.0 Å². The molecule has 140 valence electrons. The first-order valence-electron chi connectivity index (χ1n) is 7.80. The summed E-state index contributed by atoms with van der Waals surface area (Å²) in [5, 5.41) is 0.244. The average molecular weight is 383 g/mol. The van der Waals surface area contributed by atoms with Crippen LogP contribution in [0.5, 0.6) is 0 Å². The van der Waals surface area contributed by atoms with Crippen molar-refractivity contribution in [3.05, 3.63) is 61.0 Å². The van der Waals surface area contributed by atoms with Crippen molar-refractivity contribution in [3.8, 4) is 0 Å². The zero-order chi connectivity index (χ0) is 19.8. The number of hydrogen-bond acceptors (Lipinski definition) is 5. The van der Waals surface area contributed by atoms with E-state index >= 15 is 0 Å². The molecule has 0 amide bonds. The Hall–Kier alpha value is -2.45. The zero-order valence-electron chi connectivity index (χ0n) is 14.9. The van der Waals surface area contributed by atoms with Gasteiger partial charge in [0.2, 0.25) is 0 Å². The largest absolute Gasteiger partial charge is 0.384 e. The number of likely N-dealkylation sites (N-methyl/N-ethyl adjacent to an activating group) is 1. The number of Topliss-reactive ketones (excluding diaryl/α,β-unsaturated/α-hetero) is 1. The Morgan fingerprint density at radius 3 is 2.50 bits per heavy atom. The summed E-state index contributed by atoms with van der Waals surface area (Å²) in [7, 11) is 4.25. The van der Waals surface area contributed by atoms with Crippen LogP contribution in [0.4, 0.5) is 10.2 Å². The van der Waals surface area contributed by atoms with Crippen LogP contribution in [0.25, 0.3) is 0 Å². The summed E-state index contributed by atoms with van der Waals surface area (Å²) in [5.41, 5.74) is 4.41. The molecule has 0 fully saturated rings. The van der Waals surface area contributed by atoms with E-state index in [1.807, 2.05) is 0 Å². The molecule has 1 aromatic carbocycles. The number of hydrogen-bond donors (Lipinski definition) is 1. The van der Waals surface area contributed by atoms with Gasteiger partial charge in [-0.1, -0.05) is 17.7 Å². The monoisotopic (exact) mass is 382 g/mol. The summed E-state index contributed by atoms with van der Waals surface area (Å²) in [5.74, 6) is -1.25. The van der Waals surface area contributed by atoms with E-state index in [9.17, 15) is 18.8 Å². The second kappa shape index (κ2) is 7.43. The first kappa shape index (κ1) is 19.9. The molecule has 0 radical (unpaired) electrons. The fourth-order valence-corrected chi connectivity index (χ4v) is 2.79. The highest BCUT2D eigenvalue weighted by Gasteiger charge is 2.27. The van der Waals surface area contributed by atoms with Gasteiger partial charge in [0.05, 0.1) is 6.04 Å². The topological polar surface area (TPSA) is 90.3 Å². The molecule has 0 aliphatic carbocycles. The van der Waals surface area contributed by atoms with Crippen LogP contribution in [0.3, 0.4) is 0 Å². The maximum absolute atomic E-state index is 14.0. The molecule has 0 saturated carbocycles. The van der Waals surface area contributed by atoms with Crippen LogP contribution in [0.15, 0.2) is 27.8 Å². The van der Waals surface area contributed by atoms with Gasteiger partial charge >= 0.3 is 5.69 Å². The zero-order valence-corrected chi connectivity index (χ0v) is 15.7. The fourth-order valence-electron chi connectivity index (χ4n) is 2.57. The molecule has 26 heavy (non-hydrogen) atoms. The molecule has 0 saturated heterocycles. The molecule has 0 spiro atoms. The highest BCUT2D eigenvalue weighted by molar-refractivity contribution is 6.31. The molecule has 9 heteroatoms. The van der Waals surface area contributed by atoms with Gasteiger partial charge in [0.25, 0.3) is 5.56 Å². The van der Waals surface area contributed by atoms with Crippen LogP contribution in [0.1, 0.15) is 22.8 Å². The second-order valence-electron chi connectivity index (χ2n) is 6.12. The number of nitrogen functional groups attached to an aromatic ring is 1. The minimum atomic E-state index is -0.793. The molecule has 2 N–H and O–H groups in total. The van der Waals surface area contributed by atoms with E-state index in [0.717, 1.165) is 9.13 Å². The van der Waals surface area contributed by atoms with Crippen LogP contribution in [0.2, 0.25) is 5.02 Å². The molecule has 2 aromatic rings. The predicted octanol–water partition coefficient (Wildman–Crippen LogP) is 1.16. The van der Waals surface area contributed by atoms with E-state index < -0.39 is 28.9 Å². The van der Waals surface area contributed by atoms with E-state index in [-0.39, 0.29) is 28.5 Å². The minimum absolute atomic E-state index is 0.0599. The Morgan fingerprint density at radius 1 is 1.31 bits per heavy atom. The van der Waals surface area contributed by atoms with Crippen LogP contribution < -0.4 is 17.0 Å². The highest BCUT2D eigenvalue weighted by Crippen LogP contribution is 2.21. The lowest BCUT2D eigenvalue weighted by Gasteiger charge is -2.25. The number of anilines is 1. The smallest absolute Gasteiger partial charge is 0.332 e. The van der Waals surface area contributed by atoms with Gasteiger partial charge in [-0.3, -0.25) is 23.6 Å². The van der Waals surface area contributed by atoms with Crippen molar-refractivity contribution in [1.29, 1.82) is 0 Å². The second-order valence-corrected chi connectivity index (χ2v) is 6.53. The first-order valence-corrected chi connectivity index (χ1v) is 8.18. The van der Waals surface area contributed by atoms with Crippen molar-refractivity contribution >= 4 is 23.2 Å². The van der Waals surface area contributed by atoms with Crippen LogP contribution in [0, 0.1) is 5.82 Å². The summed E-state index contributed by atoms with van der Waals surface area (Å²) < 4.78 is 15.8. The number of nitrogens with zero attached hydrogens (tertiary/aromatic N) is 3. The van der Waals surface area contributed by atoms with Gasteiger partial charge in [0.1, 0.15) is 17.2 Å². The third-order valence-electron chi connectivity index (χ3n) is 4.47. The lowest BCUT2D eigenvalue weighted by atomic mass is 10.1. The third kappa shape index (κ3) is 3.42. The van der Waals surface area contributed by atoms with Crippen LogP contribution in [-0.4, -0.2) is 32.9 Å². The predicted molar refractivity (Wildman–Crippen MR) is 98.0 cm³/mol. The molecular weight excluding hydrogens is 363 g/mol. The van der Waals surface area contributed by atoms with Gasteiger partial charge in [-0.2, -0.15) is 0 Å². The fraction of sp³-hybridized carbons (Fsp3) is 0.353. The Labute approximate surface area is 154 Å². The number of nitrogens with two attached hydrogens (primary N) is 1. The summed E-state index contributed by atoms with van der Waals surface area (Å²) in [4.78, 5) is 38.6. The molecule has 0 bridgehead atoms. The van der Waals surface area contributed by atoms with Crippen molar-refractivity contribution < 1.29 is 9.18 Å². The molecule has 1 heterocycles. The van der Waals surface area contributed by atoms with Gasteiger partial charge in [-0.15, -0.1) is 0 Å². The van der Waals surface area contributed by atoms with E-state index in [2.05, 4.69) is 0 Å². The summed E-state index contributed by atoms with van der Waals surface area (Å²) in [6, 6.07) is 3.53. The van der Waals surface area contributed by atoms with Gasteiger partial charge in [-0.25, -0.2) is 9.18 Å². The Balaban J connectivity index is 2.39. The normalized spacial score (nSPS) is 12.4. The molecule has 1 unspecified atom stereocenters. The number of benzene rings is 1. The molecule has 1 atom stereocenters. The number of ketones is 1. The van der Waals surface area contributed by atoms with Crippen LogP contribution >= 0.6 is 11.6 Å². The van der Waals surface area contributed by atoms with E-state index in [1.54, 1.807) is 24.9 Å².